The Labute approximate surface area is 108 Å². The van der Waals surface area contributed by atoms with Crippen LogP contribution in [0.25, 0.3) is 0 Å². The SMILES string of the molecule is CC(C)OCCN(C)Cc1csc(CCN)n1. The largest absolute Gasteiger partial charge is 0.377 e. The summed E-state index contributed by atoms with van der Waals surface area (Å²) in [7, 11) is 2.09. The van der Waals surface area contributed by atoms with Crippen LogP contribution in [-0.2, 0) is 17.7 Å². The molecule has 0 bridgehead atoms. The third-order valence-electron chi connectivity index (χ3n) is 2.31. The van der Waals surface area contributed by atoms with Crippen LogP contribution in [0.5, 0.6) is 0 Å². The second kappa shape index (κ2) is 7.76. The number of nitrogens with zero attached hydrogens (tertiary/aromatic N) is 2. The van der Waals surface area contributed by atoms with Gasteiger partial charge in [-0.3, -0.25) is 4.90 Å². The first-order valence-electron chi connectivity index (χ1n) is 6.05. The summed E-state index contributed by atoms with van der Waals surface area (Å²) in [5, 5.41) is 3.25. The molecular weight excluding hydrogens is 234 g/mol. The average molecular weight is 257 g/mol. The Morgan fingerprint density at radius 2 is 2.29 bits per heavy atom. The Bertz CT molecular complexity index is 314. The number of hydrogen-bond donors (Lipinski definition) is 1. The van der Waals surface area contributed by atoms with Gasteiger partial charge in [-0.2, -0.15) is 0 Å². The van der Waals surface area contributed by atoms with Crippen molar-refractivity contribution in [1.29, 1.82) is 0 Å². The molecular formula is C12H23N3OS. The van der Waals surface area contributed by atoms with E-state index in [0.29, 0.717) is 12.6 Å². The highest BCUT2D eigenvalue weighted by molar-refractivity contribution is 7.09. The molecule has 1 rings (SSSR count). The maximum absolute atomic E-state index is 5.52. The van der Waals surface area contributed by atoms with E-state index < -0.39 is 0 Å². The van der Waals surface area contributed by atoms with Gasteiger partial charge in [0.1, 0.15) is 0 Å². The van der Waals surface area contributed by atoms with Crippen LogP contribution in [-0.4, -0.2) is 42.7 Å². The van der Waals surface area contributed by atoms with Crippen LogP contribution >= 0.6 is 11.3 Å². The Balaban J connectivity index is 2.26. The van der Waals surface area contributed by atoms with E-state index in [2.05, 4.69) is 36.2 Å². The zero-order valence-electron chi connectivity index (χ0n) is 11.0. The van der Waals surface area contributed by atoms with Gasteiger partial charge in [-0.05, 0) is 27.4 Å². The standard InChI is InChI=1S/C12H23N3OS/c1-10(2)16-7-6-15(3)8-11-9-17-12(14-11)4-5-13/h9-10H,4-8,13H2,1-3H3. The molecule has 0 spiro atoms. The molecule has 0 unspecified atom stereocenters. The summed E-state index contributed by atoms with van der Waals surface area (Å²) in [4.78, 5) is 6.77. The van der Waals surface area contributed by atoms with E-state index in [1.54, 1.807) is 11.3 Å². The maximum atomic E-state index is 5.52. The van der Waals surface area contributed by atoms with Crippen molar-refractivity contribution in [3.8, 4) is 0 Å². The van der Waals surface area contributed by atoms with Crippen molar-refractivity contribution in [2.45, 2.75) is 32.9 Å². The lowest BCUT2D eigenvalue weighted by Gasteiger charge is -2.16. The molecule has 98 valence electrons. The number of ether oxygens (including phenoxy) is 1. The number of rotatable bonds is 8. The predicted molar refractivity (Wildman–Crippen MR) is 72.3 cm³/mol. The molecule has 0 aliphatic carbocycles. The Morgan fingerprint density at radius 1 is 1.53 bits per heavy atom. The summed E-state index contributed by atoms with van der Waals surface area (Å²) in [6.07, 6.45) is 1.18. The molecule has 1 aromatic rings. The highest BCUT2D eigenvalue weighted by Crippen LogP contribution is 2.11. The molecule has 1 heterocycles. The van der Waals surface area contributed by atoms with Gasteiger partial charge in [0.15, 0.2) is 0 Å². The van der Waals surface area contributed by atoms with Gasteiger partial charge in [0.2, 0.25) is 0 Å². The van der Waals surface area contributed by atoms with Crippen molar-refractivity contribution in [3.63, 3.8) is 0 Å². The lowest BCUT2D eigenvalue weighted by atomic mass is 10.4. The first-order chi connectivity index (χ1) is 8.11. The van der Waals surface area contributed by atoms with Crippen LogP contribution in [0.2, 0.25) is 0 Å². The number of likely N-dealkylation sites (N-methyl/N-ethyl adjacent to an activating group) is 1. The molecule has 5 heteroatoms. The molecule has 4 nitrogen and oxygen atoms in total. The fourth-order valence-electron chi connectivity index (χ4n) is 1.46. The summed E-state index contributed by atoms with van der Waals surface area (Å²) in [5.74, 6) is 0. The molecule has 1 aromatic heterocycles. The van der Waals surface area contributed by atoms with Gasteiger partial charge in [0.05, 0.1) is 23.4 Å². The van der Waals surface area contributed by atoms with E-state index in [0.717, 1.165) is 36.8 Å². The van der Waals surface area contributed by atoms with Crippen LogP contribution in [0.3, 0.4) is 0 Å². The third-order valence-corrected chi connectivity index (χ3v) is 3.27. The van der Waals surface area contributed by atoms with Gasteiger partial charge in [-0.1, -0.05) is 0 Å². The van der Waals surface area contributed by atoms with Gasteiger partial charge in [0, 0.05) is 24.9 Å². The Kier molecular flexibility index (Phi) is 6.65. The van der Waals surface area contributed by atoms with Crippen LogP contribution in [0.15, 0.2) is 5.38 Å². The van der Waals surface area contributed by atoms with E-state index in [1.165, 1.54) is 0 Å². The van der Waals surface area contributed by atoms with Crippen molar-refractivity contribution < 1.29 is 4.74 Å². The van der Waals surface area contributed by atoms with Crippen molar-refractivity contribution >= 4 is 11.3 Å². The van der Waals surface area contributed by atoms with Crippen LogP contribution in [0, 0.1) is 0 Å². The van der Waals surface area contributed by atoms with Crippen LogP contribution in [0.4, 0.5) is 0 Å². The smallest absolute Gasteiger partial charge is 0.0941 e. The van der Waals surface area contributed by atoms with Gasteiger partial charge >= 0.3 is 0 Å². The quantitative estimate of drug-likeness (QED) is 0.767. The molecule has 0 saturated heterocycles. The van der Waals surface area contributed by atoms with Gasteiger partial charge in [-0.25, -0.2) is 4.98 Å². The summed E-state index contributed by atoms with van der Waals surface area (Å²) in [6, 6.07) is 0. The van der Waals surface area contributed by atoms with Gasteiger partial charge in [-0.15, -0.1) is 11.3 Å². The third kappa shape index (κ3) is 6.12. The Hall–Kier alpha value is -0.490. The van der Waals surface area contributed by atoms with E-state index in [1.807, 2.05) is 0 Å². The van der Waals surface area contributed by atoms with E-state index in [4.69, 9.17) is 10.5 Å². The summed E-state index contributed by atoms with van der Waals surface area (Å²) < 4.78 is 5.52. The van der Waals surface area contributed by atoms with Crippen molar-refractivity contribution in [2.24, 2.45) is 5.73 Å². The number of hydrogen-bond acceptors (Lipinski definition) is 5. The van der Waals surface area contributed by atoms with E-state index in [-0.39, 0.29) is 0 Å². The summed E-state index contributed by atoms with van der Waals surface area (Å²) >= 11 is 1.70. The molecule has 17 heavy (non-hydrogen) atoms. The Morgan fingerprint density at radius 3 is 2.94 bits per heavy atom. The number of aromatic nitrogens is 1. The first-order valence-corrected chi connectivity index (χ1v) is 6.93. The highest BCUT2D eigenvalue weighted by Gasteiger charge is 2.05. The van der Waals surface area contributed by atoms with E-state index >= 15 is 0 Å². The highest BCUT2D eigenvalue weighted by atomic mass is 32.1. The van der Waals surface area contributed by atoms with Gasteiger partial charge in [0.25, 0.3) is 0 Å². The fraction of sp³-hybridized carbons (Fsp3) is 0.750. The second-order valence-electron chi connectivity index (χ2n) is 4.43. The second-order valence-corrected chi connectivity index (χ2v) is 5.37. The molecule has 2 N–H and O–H groups in total. The average Bonchev–Trinajstić information content (AvgIpc) is 2.65. The number of thiazole rings is 1. The van der Waals surface area contributed by atoms with Crippen LogP contribution < -0.4 is 5.73 Å². The maximum Gasteiger partial charge on any atom is 0.0941 e. The van der Waals surface area contributed by atoms with Crippen molar-refractivity contribution in [1.82, 2.24) is 9.88 Å². The van der Waals surface area contributed by atoms with E-state index in [9.17, 15) is 0 Å². The lowest BCUT2D eigenvalue weighted by Crippen LogP contribution is -2.24. The lowest BCUT2D eigenvalue weighted by molar-refractivity contribution is 0.0625. The normalized spacial score (nSPS) is 11.6. The zero-order chi connectivity index (χ0) is 12.7. The molecule has 0 aromatic carbocycles. The monoisotopic (exact) mass is 257 g/mol. The minimum atomic E-state index is 0.304. The molecule has 0 amide bonds. The van der Waals surface area contributed by atoms with Crippen LogP contribution in [0.1, 0.15) is 24.5 Å². The minimum absolute atomic E-state index is 0.304. The molecule has 0 radical (unpaired) electrons. The summed E-state index contributed by atoms with van der Waals surface area (Å²) in [6.45, 7) is 7.36. The topological polar surface area (TPSA) is 51.4 Å². The molecule has 0 aliphatic rings. The first kappa shape index (κ1) is 14.6. The minimum Gasteiger partial charge on any atom is -0.377 e. The predicted octanol–water partition coefficient (Wildman–Crippen LogP) is 1.50. The molecule has 0 saturated carbocycles. The molecule has 0 atom stereocenters. The van der Waals surface area contributed by atoms with Gasteiger partial charge < -0.3 is 10.5 Å². The summed E-state index contributed by atoms with van der Waals surface area (Å²) in [5.41, 5.74) is 6.63. The molecule has 0 fully saturated rings. The van der Waals surface area contributed by atoms with Crippen molar-refractivity contribution in [2.75, 3.05) is 26.7 Å². The number of nitrogens with two attached hydrogens (primary N) is 1. The van der Waals surface area contributed by atoms with Crippen molar-refractivity contribution in [3.05, 3.63) is 16.1 Å². The molecule has 0 aliphatic heterocycles. The fourth-order valence-corrected chi connectivity index (χ4v) is 2.26. The zero-order valence-corrected chi connectivity index (χ0v) is 11.8.